The van der Waals surface area contributed by atoms with Crippen molar-refractivity contribution in [3.63, 3.8) is 0 Å². The van der Waals surface area contributed by atoms with E-state index in [1.54, 1.807) is 0 Å². The van der Waals surface area contributed by atoms with Crippen LogP contribution in [-0.2, 0) is 11.2 Å². The van der Waals surface area contributed by atoms with Gasteiger partial charge in [-0.05, 0) is 37.7 Å². The lowest BCUT2D eigenvalue weighted by molar-refractivity contribution is -0.136. The molecule has 0 aromatic heterocycles. The van der Waals surface area contributed by atoms with E-state index in [-0.39, 0.29) is 5.91 Å². The van der Waals surface area contributed by atoms with Crippen LogP contribution >= 0.6 is 0 Å². The Hall–Kier alpha value is -1.35. The van der Waals surface area contributed by atoms with Gasteiger partial charge in [-0.2, -0.15) is 0 Å². The van der Waals surface area contributed by atoms with Crippen LogP contribution in [0.2, 0.25) is 0 Å². The van der Waals surface area contributed by atoms with E-state index >= 15 is 0 Å². The van der Waals surface area contributed by atoms with E-state index in [1.807, 2.05) is 35.2 Å². The molecule has 1 aromatic rings. The molecular formula is C16H24N2O. The number of rotatable bonds is 3. The maximum Gasteiger partial charge on any atom is 0.240 e. The Bertz CT molecular complexity index is 418. The number of nitrogens with zero attached hydrogens (tertiary/aromatic N) is 1. The molecule has 1 amide bonds. The molecule has 19 heavy (non-hydrogen) atoms. The summed E-state index contributed by atoms with van der Waals surface area (Å²) in [7, 11) is 0. The molecular weight excluding hydrogens is 236 g/mol. The molecule has 1 aliphatic heterocycles. The zero-order valence-electron chi connectivity index (χ0n) is 11.9. The zero-order chi connectivity index (χ0) is 13.8. The third kappa shape index (κ3) is 3.57. The van der Waals surface area contributed by atoms with Crippen LogP contribution in [-0.4, -0.2) is 29.4 Å². The first kappa shape index (κ1) is 14.1. The van der Waals surface area contributed by atoms with E-state index in [0.29, 0.717) is 18.4 Å². The molecule has 0 aliphatic carbocycles. The second-order valence-corrected chi connectivity index (χ2v) is 5.82. The fourth-order valence-corrected chi connectivity index (χ4v) is 2.76. The fourth-order valence-electron chi connectivity index (χ4n) is 2.76. The molecule has 1 aromatic carbocycles. The molecule has 1 heterocycles. The third-order valence-electron chi connectivity index (χ3n) is 4.02. The topological polar surface area (TPSA) is 46.3 Å². The third-order valence-corrected chi connectivity index (χ3v) is 4.02. The number of likely N-dealkylation sites (tertiary alicyclic amines) is 1. The molecule has 0 radical (unpaired) electrons. The number of benzene rings is 1. The van der Waals surface area contributed by atoms with Gasteiger partial charge in [-0.1, -0.05) is 37.3 Å². The summed E-state index contributed by atoms with van der Waals surface area (Å²) in [6.45, 7) is 5.18. The van der Waals surface area contributed by atoms with Crippen molar-refractivity contribution in [2.45, 2.75) is 45.2 Å². The number of nitrogens with two attached hydrogens (primary N) is 1. The van der Waals surface area contributed by atoms with Gasteiger partial charge in [0.1, 0.15) is 0 Å². The zero-order valence-corrected chi connectivity index (χ0v) is 11.9. The van der Waals surface area contributed by atoms with E-state index in [1.165, 1.54) is 6.42 Å². The van der Waals surface area contributed by atoms with Crippen molar-refractivity contribution in [1.82, 2.24) is 4.90 Å². The summed E-state index contributed by atoms with van der Waals surface area (Å²) < 4.78 is 0. The van der Waals surface area contributed by atoms with Crippen LogP contribution in [0.3, 0.4) is 0 Å². The number of hydrogen-bond donors (Lipinski definition) is 1. The lowest BCUT2D eigenvalue weighted by Gasteiger charge is -2.38. The van der Waals surface area contributed by atoms with Crippen molar-refractivity contribution in [2.75, 3.05) is 6.54 Å². The summed E-state index contributed by atoms with van der Waals surface area (Å²) >= 11 is 0. The number of hydrogen-bond acceptors (Lipinski definition) is 2. The van der Waals surface area contributed by atoms with Crippen LogP contribution in [0.5, 0.6) is 0 Å². The van der Waals surface area contributed by atoms with Crippen LogP contribution in [0, 0.1) is 5.92 Å². The van der Waals surface area contributed by atoms with Gasteiger partial charge in [0, 0.05) is 12.6 Å². The summed E-state index contributed by atoms with van der Waals surface area (Å²) in [6.07, 6.45) is 2.92. The van der Waals surface area contributed by atoms with E-state index in [2.05, 4.69) is 13.8 Å². The predicted octanol–water partition coefficient (Wildman–Crippen LogP) is 2.20. The Morgan fingerprint density at radius 1 is 1.32 bits per heavy atom. The van der Waals surface area contributed by atoms with Gasteiger partial charge < -0.3 is 10.6 Å². The second-order valence-electron chi connectivity index (χ2n) is 5.82. The molecule has 0 bridgehead atoms. The van der Waals surface area contributed by atoms with Crippen LogP contribution in [0.4, 0.5) is 0 Å². The Morgan fingerprint density at radius 3 is 2.68 bits per heavy atom. The molecule has 3 nitrogen and oxygen atoms in total. The van der Waals surface area contributed by atoms with E-state index in [4.69, 9.17) is 5.73 Å². The van der Waals surface area contributed by atoms with Crippen molar-refractivity contribution in [2.24, 2.45) is 11.7 Å². The Balaban J connectivity index is 1.98. The van der Waals surface area contributed by atoms with Crippen molar-refractivity contribution in [1.29, 1.82) is 0 Å². The highest BCUT2D eigenvalue weighted by molar-refractivity contribution is 5.82. The molecule has 1 saturated heterocycles. The minimum Gasteiger partial charge on any atom is -0.338 e. The fraction of sp³-hybridized carbons (Fsp3) is 0.562. The highest BCUT2D eigenvalue weighted by Crippen LogP contribution is 2.22. The minimum atomic E-state index is -0.421. The smallest absolute Gasteiger partial charge is 0.240 e. The van der Waals surface area contributed by atoms with Crippen LogP contribution in [0.25, 0.3) is 0 Å². The van der Waals surface area contributed by atoms with Gasteiger partial charge >= 0.3 is 0 Å². The largest absolute Gasteiger partial charge is 0.338 e. The van der Waals surface area contributed by atoms with Crippen molar-refractivity contribution in [3.05, 3.63) is 35.9 Å². The molecule has 3 unspecified atom stereocenters. The number of amides is 1. The maximum atomic E-state index is 12.5. The summed E-state index contributed by atoms with van der Waals surface area (Å²) in [4.78, 5) is 14.4. The molecule has 2 rings (SSSR count). The van der Waals surface area contributed by atoms with Crippen LogP contribution in [0.15, 0.2) is 30.3 Å². The lowest BCUT2D eigenvalue weighted by atomic mass is 9.94. The monoisotopic (exact) mass is 260 g/mol. The molecule has 0 spiro atoms. The number of carbonyl (C=O) groups is 1. The Kier molecular flexibility index (Phi) is 4.59. The van der Waals surface area contributed by atoms with E-state index in [9.17, 15) is 4.79 Å². The van der Waals surface area contributed by atoms with Gasteiger partial charge in [0.25, 0.3) is 0 Å². The first-order valence-electron chi connectivity index (χ1n) is 7.18. The Morgan fingerprint density at radius 2 is 2.00 bits per heavy atom. The van der Waals surface area contributed by atoms with Gasteiger partial charge in [-0.15, -0.1) is 0 Å². The van der Waals surface area contributed by atoms with Gasteiger partial charge in [-0.3, -0.25) is 4.79 Å². The van der Waals surface area contributed by atoms with Crippen molar-refractivity contribution >= 4 is 5.91 Å². The predicted molar refractivity (Wildman–Crippen MR) is 77.7 cm³/mol. The molecule has 3 atom stereocenters. The highest BCUT2D eigenvalue weighted by atomic mass is 16.2. The molecule has 3 heteroatoms. The standard InChI is InChI=1S/C16H24N2O/c1-12-8-9-13(2)18(11-12)16(19)15(17)10-14-6-4-3-5-7-14/h3-7,12-13,15H,8-11,17H2,1-2H3. The average Bonchev–Trinajstić information content (AvgIpc) is 2.42. The normalized spacial score (nSPS) is 25.1. The minimum absolute atomic E-state index is 0.0999. The van der Waals surface area contributed by atoms with Crippen molar-refractivity contribution < 1.29 is 4.79 Å². The molecule has 1 fully saturated rings. The van der Waals surface area contributed by atoms with Crippen molar-refractivity contribution in [3.8, 4) is 0 Å². The Labute approximate surface area is 115 Å². The van der Waals surface area contributed by atoms with E-state index < -0.39 is 6.04 Å². The van der Waals surface area contributed by atoms with Gasteiger partial charge in [0.2, 0.25) is 5.91 Å². The SMILES string of the molecule is CC1CCC(C)N(C(=O)C(N)Cc2ccccc2)C1. The average molecular weight is 260 g/mol. The molecule has 0 saturated carbocycles. The highest BCUT2D eigenvalue weighted by Gasteiger charge is 2.29. The summed E-state index contributed by atoms with van der Waals surface area (Å²) in [6, 6.07) is 9.90. The number of carbonyl (C=O) groups excluding carboxylic acids is 1. The van der Waals surface area contributed by atoms with Gasteiger partial charge in [0.05, 0.1) is 6.04 Å². The quantitative estimate of drug-likeness (QED) is 0.905. The molecule has 2 N–H and O–H groups in total. The lowest BCUT2D eigenvalue weighted by Crippen LogP contribution is -2.52. The first-order chi connectivity index (χ1) is 9.08. The molecule has 104 valence electrons. The molecule has 1 aliphatic rings. The summed E-state index contributed by atoms with van der Waals surface area (Å²) in [5, 5.41) is 0. The van der Waals surface area contributed by atoms with E-state index in [0.717, 1.165) is 18.5 Å². The summed E-state index contributed by atoms with van der Waals surface area (Å²) in [5.74, 6) is 0.687. The van der Waals surface area contributed by atoms with Gasteiger partial charge in [0.15, 0.2) is 0 Å². The number of piperidine rings is 1. The second kappa shape index (κ2) is 6.20. The van der Waals surface area contributed by atoms with Gasteiger partial charge in [-0.25, -0.2) is 0 Å². The maximum absolute atomic E-state index is 12.5. The first-order valence-corrected chi connectivity index (χ1v) is 7.18. The van der Waals surface area contributed by atoms with Crippen LogP contribution in [0.1, 0.15) is 32.3 Å². The van der Waals surface area contributed by atoms with Crippen LogP contribution < -0.4 is 5.73 Å². The summed E-state index contributed by atoms with van der Waals surface area (Å²) in [5.41, 5.74) is 7.22.